The van der Waals surface area contributed by atoms with Gasteiger partial charge in [0.15, 0.2) is 11.5 Å². The molecule has 1 saturated heterocycles. The summed E-state index contributed by atoms with van der Waals surface area (Å²) in [4.78, 5) is 34.4. The van der Waals surface area contributed by atoms with Crippen LogP contribution in [0.4, 0.5) is 0 Å². The van der Waals surface area contributed by atoms with Crippen LogP contribution in [0.1, 0.15) is 46.8 Å². The molecule has 8 nitrogen and oxygen atoms in total. The van der Waals surface area contributed by atoms with Crippen LogP contribution in [-0.4, -0.2) is 42.7 Å². The lowest BCUT2D eigenvalue weighted by atomic mass is 10.1. The zero-order chi connectivity index (χ0) is 23.8. The van der Waals surface area contributed by atoms with Crippen LogP contribution in [0.15, 0.2) is 59.6 Å². The minimum absolute atomic E-state index is 0.00137. The molecule has 0 bridgehead atoms. The first kappa shape index (κ1) is 24.0. The first-order chi connectivity index (χ1) is 16.6. The van der Waals surface area contributed by atoms with Crippen molar-refractivity contribution in [1.29, 1.82) is 0 Å². The van der Waals surface area contributed by atoms with Gasteiger partial charge in [-0.1, -0.05) is 36.0 Å². The van der Waals surface area contributed by atoms with E-state index >= 15 is 0 Å². The van der Waals surface area contributed by atoms with Gasteiger partial charge in [-0.15, -0.1) is 0 Å². The van der Waals surface area contributed by atoms with Crippen LogP contribution in [0, 0.1) is 0 Å². The predicted octanol–water partition coefficient (Wildman–Crippen LogP) is 3.86. The Labute approximate surface area is 202 Å². The van der Waals surface area contributed by atoms with Crippen molar-refractivity contribution in [3.63, 3.8) is 0 Å². The molecule has 2 aromatic rings. The molecular formula is C25H27N3O5S. The van der Waals surface area contributed by atoms with Gasteiger partial charge in [0.25, 0.3) is 11.8 Å². The predicted molar refractivity (Wildman–Crippen MR) is 131 cm³/mol. The molecule has 0 aliphatic carbocycles. The van der Waals surface area contributed by atoms with E-state index in [9.17, 15) is 9.59 Å². The van der Waals surface area contributed by atoms with Gasteiger partial charge < -0.3 is 14.8 Å². The summed E-state index contributed by atoms with van der Waals surface area (Å²) in [6.45, 7) is 0.644. The van der Waals surface area contributed by atoms with E-state index in [1.807, 2.05) is 24.3 Å². The molecule has 2 unspecified atom stereocenters. The Bertz CT molecular complexity index is 1050. The van der Waals surface area contributed by atoms with Gasteiger partial charge in [0.05, 0.1) is 13.2 Å². The average Bonchev–Trinajstić information content (AvgIpc) is 3.35. The number of benzene rings is 2. The van der Waals surface area contributed by atoms with E-state index in [2.05, 4.69) is 15.8 Å². The quantitative estimate of drug-likeness (QED) is 0.460. The number of carbonyl (C=O) groups is 2. The lowest BCUT2D eigenvalue weighted by molar-refractivity contribution is -0.198. The summed E-state index contributed by atoms with van der Waals surface area (Å²) in [7, 11) is 1.63. The van der Waals surface area contributed by atoms with Crippen molar-refractivity contribution >= 4 is 34.8 Å². The number of nitrogens with one attached hydrogen (secondary N) is 2. The maximum atomic E-state index is 12.6. The Morgan fingerprint density at radius 1 is 1.12 bits per heavy atom. The molecule has 2 aliphatic heterocycles. The number of nitrogens with zero attached hydrogens (tertiary/aromatic N) is 1. The number of ether oxygens (including phenoxy) is 2. The number of methoxy groups -OCH3 is 1. The Hall–Kier alpha value is -3.14. The highest BCUT2D eigenvalue weighted by molar-refractivity contribution is 8.14. The second-order valence-electron chi connectivity index (χ2n) is 7.82. The topological polar surface area (TPSA) is 98.2 Å². The van der Waals surface area contributed by atoms with Crippen LogP contribution in [0.3, 0.4) is 0 Å². The largest absolute Gasteiger partial charge is 0.497 e. The molecule has 1 fully saturated rings. The Morgan fingerprint density at radius 3 is 2.62 bits per heavy atom. The molecule has 178 valence electrons. The standard InChI is InChI=1S/C25H27N3O5S/c1-31-20-12-10-18(11-13-20)21-16-34-25(26-21)27-24(30)19-8-5-17(6-9-19)7-14-22(29)28-33-23-4-2-3-15-32-23/h5-14,21,23H,2-4,15-16H2,1H3,(H,28,29)(H,26,27,30)/b14-7+. The monoisotopic (exact) mass is 481 g/mol. The van der Waals surface area contributed by atoms with Crippen molar-refractivity contribution in [1.82, 2.24) is 10.8 Å². The van der Waals surface area contributed by atoms with Gasteiger partial charge in [0, 0.05) is 30.4 Å². The SMILES string of the molecule is COc1ccc(C2CSC(NC(=O)c3ccc(/C=C/C(=O)NOC4CCCCO4)cc3)=N2)cc1. The van der Waals surface area contributed by atoms with Crippen molar-refractivity contribution in [2.75, 3.05) is 19.5 Å². The molecule has 0 radical (unpaired) electrons. The first-order valence-electron chi connectivity index (χ1n) is 11.1. The van der Waals surface area contributed by atoms with Crippen molar-refractivity contribution in [2.24, 2.45) is 4.99 Å². The normalized spacial score (nSPS) is 20.1. The smallest absolute Gasteiger partial charge is 0.267 e. The van der Waals surface area contributed by atoms with Gasteiger partial charge in [0.1, 0.15) is 5.75 Å². The molecule has 2 heterocycles. The number of hydroxylamine groups is 1. The maximum Gasteiger partial charge on any atom is 0.267 e. The summed E-state index contributed by atoms with van der Waals surface area (Å²) in [5, 5.41) is 3.48. The highest BCUT2D eigenvalue weighted by Gasteiger charge is 2.22. The highest BCUT2D eigenvalue weighted by atomic mass is 32.2. The van der Waals surface area contributed by atoms with Gasteiger partial charge in [-0.2, -0.15) is 0 Å². The number of rotatable bonds is 7. The Kier molecular flexibility index (Phi) is 8.35. The highest BCUT2D eigenvalue weighted by Crippen LogP contribution is 2.30. The van der Waals surface area contributed by atoms with Crippen molar-refractivity contribution in [3.8, 4) is 5.75 Å². The van der Waals surface area contributed by atoms with Gasteiger partial charge in [-0.3, -0.25) is 14.6 Å². The molecule has 2 amide bonds. The Balaban J connectivity index is 1.26. The number of aliphatic imine (C=N–C) groups is 1. The zero-order valence-electron chi connectivity index (χ0n) is 18.9. The fourth-order valence-electron chi connectivity index (χ4n) is 3.49. The second kappa shape index (κ2) is 11.8. The van der Waals surface area contributed by atoms with E-state index in [-0.39, 0.29) is 17.9 Å². The van der Waals surface area contributed by atoms with E-state index in [4.69, 9.17) is 14.3 Å². The number of amidine groups is 1. The van der Waals surface area contributed by atoms with E-state index < -0.39 is 6.29 Å². The fourth-order valence-corrected chi connectivity index (χ4v) is 4.44. The molecule has 9 heteroatoms. The molecule has 2 aliphatic rings. The van der Waals surface area contributed by atoms with Crippen molar-refractivity contribution in [3.05, 3.63) is 71.3 Å². The molecule has 34 heavy (non-hydrogen) atoms. The number of amides is 2. The lowest BCUT2D eigenvalue weighted by Gasteiger charge is -2.21. The minimum atomic E-state index is -0.391. The summed E-state index contributed by atoms with van der Waals surface area (Å²) in [5.41, 5.74) is 4.75. The number of hydrogen-bond donors (Lipinski definition) is 2. The van der Waals surface area contributed by atoms with E-state index in [1.54, 1.807) is 37.5 Å². The van der Waals surface area contributed by atoms with Gasteiger partial charge in [-0.25, -0.2) is 10.3 Å². The van der Waals surface area contributed by atoms with Crippen LogP contribution >= 0.6 is 11.8 Å². The summed E-state index contributed by atoms with van der Waals surface area (Å²) in [6, 6.07) is 14.7. The van der Waals surface area contributed by atoms with Gasteiger partial charge in [-0.05, 0) is 54.3 Å². The molecule has 0 saturated carbocycles. The van der Waals surface area contributed by atoms with E-state index in [0.717, 1.165) is 41.9 Å². The van der Waals surface area contributed by atoms with Gasteiger partial charge in [0.2, 0.25) is 0 Å². The minimum Gasteiger partial charge on any atom is -0.497 e. The number of carbonyl (C=O) groups excluding carboxylic acids is 2. The maximum absolute atomic E-state index is 12.6. The number of hydrogen-bond acceptors (Lipinski definition) is 7. The molecule has 2 N–H and O–H groups in total. The van der Waals surface area contributed by atoms with Crippen molar-refractivity contribution < 1.29 is 23.9 Å². The van der Waals surface area contributed by atoms with E-state index in [0.29, 0.717) is 17.3 Å². The van der Waals surface area contributed by atoms with Crippen LogP contribution in [0.5, 0.6) is 5.75 Å². The average molecular weight is 482 g/mol. The van der Waals surface area contributed by atoms with E-state index in [1.165, 1.54) is 17.8 Å². The molecule has 0 spiro atoms. The summed E-state index contributed by atoms with van der Waals surface area (Å²) < 4.78 is 10.6. The van der Waals surface area contributed by atoms with Crippen LogP contribution in [0.25, 0.3) is 6.08 Å². The fraction of sp³-hybridized carbons (Fsp3) is 0.320. The van der Waals surface area contributed by atoms with Crippen LogP contribution in [0.2, 0.25) is 0 Å². The van der Waals surface area contributed by atoms with Gasteiger partial charge >= 0.3 is 0 Å². The third kappa shape index (κ3) is 6.69. The number of thioether (sulfide) groups is 1. The molecule has 2 atom stereocenters. The first-order valence-corrected chi connectivity index (χ1v) is 12.1. The summed E-state index contributed by atoms with van der Waals surface area (Å²) >= 11 is 1.52. The summed E-state index contributed by atoms with van der Waals surface area (Å²) in [6.07, 6.45) is 5.43. The summed E-state index contributed by atoms with van der Waals surface area (Å²) in [5.74, 6) is 0.965. The van der Waals surface area contributed by atoms with Crippen molar-refractivity contribution in [2.45, 2.75) is 31.6 Å². The zero-order valence-corrected chi connectivity index (χ0v) is 19.7. The molecule has 2 aromatic carbocycles. The third-order valence-corrected chi connectivity index (χ3v) is 6.36. The molecule has 4 rings (SSSR count). The Morgan fingerprint density at radius 2 is 1.91 bits per heavy atom. The van der Waals surface area contributed by atoms with Crippen LogP contribution in [-0.2, 0) is 14.4 Å². The molecule has 0 aromatic heterocycles. The second-order valence-corrected chi connectivity index (χ2v) is 8.83. The lowest BCUT2D eigenvalue weighted by Crippen LogP contribution is -2.32. The molecular weight excluding hydrogens is 454 g/mol. The third-order valence-electron chi connectivity index (χ3n) is 5.40. The van der Waals surface area contributed by atoms with Crippen LogP contribution < -0.4 is 15.5 Å².